The van der Waals surface area contributed by atoms with Gasteiger partial charge in [-0.15, -0.1) is 0 Å². The first-order valence-electron chi connectivity index (χ1n) is 5.96. The molecule has 0 aliphatic heterocycles. The molecule has 5 heteroatoms. The largest absolute Gasteiger partial charge is 0.478 e. The Morgan fingerprint density at radius 2 is 1.95 bits per heavy atom. The topological polar surface area (TPSA) is 61.7 Å². The van der Waals surface area contributed by atoms with E-state index < -0.39 is 5.97 Å². The molecule has 2 N–H and O–H groups in total. The fraction of sp³-hybridized carbons (Fsp3) is 0.0667. The summed E-state index contributed by atoms with van der Waals surface area (Å²) in [6.07, 6.45) is 0. The summed E-state index contributed by atoms with van der Waals surface area (Å²) in [7, 11) is 0. The number of benzene rings is 2. The van der Waals surface area contributed by atoms with Gasteiger partial charge in [-0.05, 0) is 31.2 Å². The fourth-order valence-electron chi connectivity index (χ4n) is 1.69. The number of hydrogen-bond donors (Lipinski definition) is 2. The summed E-state index contributed by atoms with van der Waals surface area (Å²) in [5, 5.41) is 12.9. The lowest BCUT2D eigenvalue weighted by Crippen LogP contribution is -2.03. The van der Waals surface area contributed by atoms with Crippen LogP contribution in [0, 0.1) is 5.82 Å². The minimum atomic E-state index is -1.01. The number of nitrogens with zero attached hydrogens (tertiary/aromatic N) is 1. The minimum absolute atomic E-state index is 0.161. The van der Waals surface area contributed by atoms with Gasteiger partial charge in [-0.3, -0.25) is 5.43 Å². The molecular weight excluding hydrogens is 259 g/mol. The maximum atomic E-state index is 13.5. The fourth-order valence-corrected chi connectivity index (χ4v) is 1.69. The average molecular weight is 272 g/mol. The van der Waals surface area contributed by atoms with Gasteiger partial charge in [-0.1, -0.05) is 24.3 Å². The van der Waals surface area contributed by atoms with E-state index in [4.69, 9.17) is 5.11 Å². The number of halogens is 1. The summed E-state index contributed by atoms with van der Waals surface area (Å²) >= 11 is 0. The van der Waals surface area contributed by atoms with Gasteiger partial charge in [0.2, 0.25) is 0 Å². The van der Waals surface area contributed by atoms with Crippen molar-refractivity contribution in [1.29, 1.82) is 0 Å². The zero-order valence-corrected chi connectivity index (χ0v) is 10.8. The predicted octanol–water partition coefficient (Wildman–Crippen LogP) is 3.36. The monoisotopic (exact) mass is 272 g/mol. The Morgan fingerprint density at radius 3 is 2.65 bits per heavy atom. The Balaban J connectivity index is 2.19. The molecule has 20 heavy (non-hydrogen) atoms. The molecule has 2 aromatic rings. The Bertz CT molecular complexity index is 668. The SMILES string of the molecule is C/C(=N\Nc1cccc(C(=O)O)c1)c1ccccc1F. The molecule has 0 spiro atoms. The van der Waals surface area contributed by atoms with Crippen LogP contribution in [0.1, 0.15) is 22.8 Å². The number of carboxylic acids is 1. The van der Waals surface area contributed by atoms with Crippen LogP contribution in [0.5, 0.6) is 0 Å². The third-order valence-electron chi connectivity index (χ3n) is 2.73. The standard InChI is InChI=1S/C15H13FN2O2/c1-10(13-7-2-3-8-14(13)16)17-18-12-6-4-5-11(9-12)15(19)20/h2-9,18H,1H3,(H,19,20)/b17-10+. The lowest BCUT2D eigenvalue weighted by molar-refractivity contribution is 0.0697. The van der Waals surface area contributed by atoms with Gasteiger partial charge < -0.3 is 5.11 Å². The van der Waals surface area contributed by atoms with Gasteiger partial charge in [0.1, 0.15) is 5.82 Å². The summed E-state index contributed by atoms with van der Waals surface area (Å²) in [5.41, 5.74) is 4.29. The lowest BCUT2D eigenvalue weighted by atomic mass is 10.1. The maximum Gasteiger partial charge on any atom is 0.335 e. The number of hydrazone groups is 1. The van der Waals surface area contributed by atoms with Crippen LogP contribution in [0.15, 0.2) is 53.6 Å². The van der Waals surface area contributed by atoms with E-state index in [0.29, 0.717) is 17.0 Å². The molecule has 2 rings (SSSR count). The lowest BCUT2D eigenvalue weighted by Gasteiger charge is -2.05. The highest BCUT2D eigenvalue weighted by molar-refractivity contribution is 5.99. The van der Waals surface area contributed by atoms with Crippen molar-refractivity contribution < 1.29 is 14.3 Å². The van der Waals surface area contributed by atoms with Gasteiger partial charge >= 0.3 is 5.97 Å². The molecule has 0 aliphatic carbocycles. The van der Waals surface area contributed by atoms with Crippen LogP contribution < -0.4 is 5.43 Å². The number of hydrogen-bond acceptors (Lipinski definition) is 3. The molecule has 0 bridgehead atoms. The molecule has 0 aliphatic rings. The number of carboxylic acid groups (broad SMARTS) is 1. The second-order valence-corrected chi connectivity index (χ2v) is 4.17. The number of rotatable bonds is 4. The number of anilines is 1. The summed E-state index contributed by atoms with van der Waals surface area (Å²) in [6, 6.07) is 12.6. The van der Waals surface area contributed by atoms with Gasteiger partial charge in [0.25, 0.3) is 0 Å². The number of aromatic carboxylic acids is 1. The average Bonchev–Trinajstić information content (AvgIpc) is 2.45. The van der Waals surface area contributed by atoms with Crippen LogP contribution in [-0.4, -0.2) is 16.8 Å². The summed E-state index contributed by atoms with van der Waals surface area (Å²) in [5.74, 6) is -1.36. The minimum Gasteiger partial charge on any atom is -0.478 e. The first kappa shape index (κ1) is 13.7. The van der Waals surface area contributed by atoms with E-state index in [2.05, 4.69) is 10.5 Å². The van der Waals surface area contributed by atoms with Crippen LogP contribution in [0.3, 0.4) is 0 Å². The smallest absolute Gasteiger partial charge is 0.335 e. The van der Waals surface area contributed by atoms with Crippen molar-refractivity contribution >= 4 is 17.4 Å². The molecule has 0 aromatic heterocycles. The third-order valence-corrected chi connectivity index (χ3v) is 2.73. The second kappa shape index (κ2) is 5.97. The molecule has 0 fully saturated rings. The van der Waals surface area contributed by atoms with Crippen molar-refractivity contribution in [3.8, 4) is 0 Å². The molecule has 4 nitrogen and oxygen atoms in total. The zero-order chi connectivity index (χ0) is 14.5. The van der Waals surface area contributed by atoms with E-state index in [-0.39, 0.29) is 11.4 Å². The van der Waals surface area contributed by atoms with E-state index in [1.807, 2.05) is 0 Å². The molecule has 0 atom stereocenters. The summed E-state index contributed by atoms with van der Waals surface area (Å²) < 4.78 is 13.5. The van der Waals surface area contributed by atoms with Gasteiger partial charge in [0.15, 0.2) is 0 Å². The normalized spacial score (nSPS) is 11.2. The van der Waals surface area contributed by atoms with Crippen LogP contribution in [-0.2, 0) is 0 Å². The third kappa shape index (κ3) is 3.20. The summed E-state index contributed by atoms with van der Waals surface area (Å²) in [4.78, 5) is 10.8. The Labute approximate surface area is 115 Å². The van der Waals surface area contributed by atoms with E-state index in [1.165, 1.54) is 18.2 Å². The van der Waals surface area contributed by atoms with Crippen molar-refractivity contribution in [3.05, 3.63) is 65.5 Å². The second-order valence-electron chi connectivity index (χ2n) is 4.17. The molecule has 0 saturated heterocycles. The molecule has 0 heterocycles. The van der Waals surface area contributed by atoms with Crippen LogP contribution >= 0.6 is 0 Å². The molecule has 0 unspecified atom stereocenters. The van der Waals surface area contributed by atoms with E-state index >= 15 is 0 Å². The number of nitrogens with one attached hydrogen (secondary N) is 1. The highest BCUT2D eigenvalue weighted by Gasteiger charge is 2.05. The number of carbonyl (C=O) groups is 1. The Morgan fingerprint density at radius 1 is 1.20 bits per heavy atom. The molecule has 0 saturated carbocycles. The quantitative estimate of drug-likeness (QED) is 0.662. The Kier molecular flexibility index (Phi) is 4.10. The van der Waals surface area contributed by atoms with Crippen LogP contribution in [0.4, 0.5) is 10.1 Å². The summed E-state index contributed by atoms with van der Waals surface area (Å²) in [6.45, 7) is 1.67. The van der Waals surface area contributed by atoms with Crippen molar-refractivity contribution in [2.75, 3.05) is 5.43 Å². The van der Waals surface area contributed by atoms with E-state index in [9.17, 15) is 9.18 Å². The van der Waals surface area contributed by atoms with Gasteiger partial charge in [0, 0.05) is 5.56 Å². The zero-order valence-electron chi connectivity index (χ0n) is 10.8. The highest BCUT2D eigenvalue weighted by Crippen LogP contribution is 2.12. The van der Waals surface area contributed by atoms with Gasteiger partial charge in [-0.25, -0.2) is 9.18 Å². The van der Waals surface area contributed by atoms with Crippen molar-refractivity contribution in [2.45, 2.75) is 6.92 Å². The van der Waals surface area contributed by atoms with Crippen molar-refractivity contribution in [3.63, 3.8) is 0 Å². The molecule has 0 radical (unpaired) electrons. The van der Waals surface area contributed by atoms with Crippen LogP contribution in [0.2, 0.25) is 0 Å². The van der Waals surface area contributed by atoms with E-state index in [1.54, 1.807) is 37.3 Å². The molecule has 102 valence electrons. The first-order chi connectivity index (χ1) is 9.58. The molecular formula is C15H13FN2O2. The van der Waals surface area contributed by atoms with E-state index in [0.717, 1.165) is 0 Å². The maximum absolute atomic E-state index is 13.5. The van der Waals surface area contributed by atoms with Crippen LogP contribution in [0.25, 0.3) is 0 Å². The highest BCUT2D eigenvalue weighted by atomic mass is 19.1. The van der Waals surface area contributed by atoms with Crippen molar-refractivity contribution in [1.82, 2.24) is 0 Å². The first-order valence-corrected chi connectivity index (χ1v) is 5.96. The Hall–Kier alpha value is -2.69. The van der Waals surface area contributed by atoms with Gasteiger partial charge in [-0.2, -0.15) is 5.10 Å². The molecule has 0 amide bonds. The predicted molar refractivity (Wildman–Crippen MR) is 75.6 cm³/mol. The van der Waals surface area contributed by atoms with Gasteiger partial charge in [0.05, 0.1) is 17.0 Å². The molecule has 2 aromatic carbocycles. The van der Waals surface area contributed by atoms with Crippen molar-refractivity contribution in [2.24, 2.45) is 5.10 Å².